The normalized spacial score (nSPS) is 20.0. The number of nitrogens with one attached hydrogen (secondary N) is 2. The van der Waals surface area contributed by atoms with Gasteiger partial charge in [-0.05, 0) is 39.3 Å². The van der Waals surface area contributed by atoms with Crippen LogP contribution in [0.1, 0.15) is 32.8 Å². The SMILES string of the molecule is CCNC(=NCc1ccc(OC)cc1OC)NCCCN1CC(C)OC(C)C1.I. The molecule has 1 saturated heterocycles. The molecule has 0 bridgehead atoms. The molecule has 2 rings (SSSR count). The molecule has 1 aromatic carbocycles. The predicted molar refractivity (Wildman–Crippen MR) is 129 cm³/mol. The van der Waals surface area contributed by atoms with Gasteiger partial charge in [-0.1, -0.05) is 0 Å². The van der Waals surface area contributed by atoms with E-state index in [-0.39, 0.29) is 24.0 Å². The number of benzene rings is 1. The Bertz CT molecular complexity index is 620. The minimum atomic E-state index is 0. The number of morpholine rings is 1. The van der Waals surface area contributed by atoms with E-state index in [9.17, 15) is 0 Å². The number of aliphatic imine (C=N–C) groups is 1. The fourth-order valence-electron chi connectivity index (χ4n) is 3.46. The van der Waals surface area contributed by atoms with Gasteiger partial charge in [-0.3, -0.25) is 4.90 Å². The molecule has 2 unspecified atom stereocenters. The van der Waals surface area contributed by atoms with Crippen molar-refractivity contribution in [3.8, 4) is 11.5 Å². The van der Waals surface area contributed by atoms with E-state index in [1.165, 1.54) is 0 Å². The van der Waals surface area contributed by atoms with Crippen LogP contribution in [0.3, 0.4) is 0 Å². The Labute approximate surface area is 192 Å². The van der Waals surface area contributed by atoms with Crippen LogP contribution in [0, 0.1) is 0 Å². The second-order valence-electron chi connectivity index (χ2n) is 7.17. The van der Waals surface area contributed by atoms with Crippen molar-refractivity contribution < 1.29 is 14.2 Å². The summed E-state index contributed by atoms with van der Waals surface area (Å²) in [5.41, 5.74) is 1.02. The van der Waals surface area contributed by atoms with Crippen LogP contribution in [0.25, 0.3) is 0 Å². The van der Waals surface area contributed by atoms with E-state index in [2.05, 4.69) is 36.3 Å². The number of methoxy groups -OCH3 is 2. The van der Waals surface area contributed by atoms with Crippen LogP contribution in [0.5, 0.6) is 11.5 Å². The third kappa shape index (κ3) is 8.96. The summed E-state index contributed by atoms with van der Waals surface area (Å²) in [6.45, 7) is 11.7. The van der Waals surface area contributed by atoms with Crippen LogP contribution in [-0.4, -0.2) is 70.0 Å². The van der Waals surface area contributed by atoms with E-state index < -0.39 is 0 Å². The second kappa shape index (κ2) is 13.9. The van der Waals surface area contributed by atoms with Gasteiger partial charge in [-0.25, -0.2) is 4.99 Å². The van der Waals surface area contributed by atoms with Crippen molar-refractivity contribution in [2.24, 2.45) is 4.99 Å². The maximum Gasteiger partial charge on any atom is 0.191 e. The van der Waals surface area contributed by atoms with Gasteiger partial charge in [-0.15, -0.1) is 24.0 Å². The highest BCUT2D eigenvalue weighted by Gasteiger charge is 2.21. The highest BCUT2D eigenvalue weighted by molar-refractivity contribution is 14.0. The Kier molecular flexibility index (Phi) is 12.3. The van der Waals surface area contributed by atoms with E-state index in [0.29, 0.717) is 18.8 Å². The minimum Gasteiger partial charge on any atom is -0.497 e. The molecule has 1 aliphatic rings. The first-order chi connectivity index (χ1) is 13.5. The van der Waals surface area contributed by atoms with Gasteiger partial charge in [0.25, 0.3) is 0 Å². The number of rotatable bonds is 9. The van der Waals surface area contributed by atoms with Crippen LogP contribution in [0.4, 0.5) is 0 Å². The summed E-state index contributed by atoms with van der Waals surface area (Å²) in [5, 5.41) is 6.73. The van der Waals surface area contributed by atoms with Crippen LogP contribution in [0.2, 0.25) is 0 Å². The summed E-state index contributed by atoms with van der Waals surface area (Å²) in [5.74, 6) is 2.39. The average Bonchev–Trinajstić information content (AvgIpc) is 2.68. The summed E-state index contributed by atoms with van der Waals surface area (Å²) in [4.78, 5) is 7.18. The molecule has 1 heterocycles. The first kappa shape index (κ1) is 25.8. The van der Waals surface area contributed by atoms with Crippen molar-refractivity contribution in [2.45, 2.75) is 45.9 Å². The average molecular weight is 520 g/mol. The maximum atomic E-state index is 5.80. The zero-order valence-electron chi connectivity index (χ0n) is 18.4. The van der Waals surface area contributed by atoms with Gasteiger partial charge in [0.15, 0.2) is 5.96 Å². The van der Waals surface area contributed by atoms with E-state index in [0.717, 1.165) is 62.2 Å². The molecular weight excluding hydrogens is 483 g/mol. The molecule has 0 radical (unpaired) electrons. The molecule has 8 heteroatoms. The standard InChI is InChI=1S/C21H36N4O3.HI/c1-6-22-21(23-10-7-11-25-14-16(2)28-17(3)15-25)24-13-18-8-9-19(26-4)12-20(18)27-5;/h8-9,12,16-17H,6-7,10-11,13-15H2,1-5H3,(H2,22,23,24);1H. The number of nitrogens with zero attached hydrogens (tertiary/aromatic N) is 2. The molecule has 1 aliphatic heterocycles. The molecule has 2 N–H and O–H groups in total. The summed E-state index contributed by atoms with van der Waals surface area (Å²) in [6.07, 6.45) is 1.69. The van der Waals surface area contributed by atoms with Gasteiger partial charge in [-0.2, -0.15) is 0 Å². The monoisotopic (exact) mass is 520 g/mol. The number of hydrogen-bond acceptors (Lipinski definition) is 5. The van der Waals surface area contributed by atoms with Crippen molar-refractivity contribution in [1.29, 1.82) is 0 Å². The quantitative estimate of drug-likeness (QED) is 0.226. The lowest BCUT2D eigenvalue weighted by molar-refractivity contribution is -0.0679. The van der Waals surface area contributed by atoms with Crippen molar-refractivity contribution in [1.82, 2.24) is 15.5 Å². The molecule has 7 nitrogen and oxygen atoms in total. The molecule has 29 heavy (non-hydrogen) atoms. The zero-order chi connectivity index (χ0) is 20.4. The molecule has 1 fully saturated rings. The van der Waals surface area contributed by atoms with Gasteiger partial charge in [0.1, 0.15) is 11.5 Å². The predicted octanol–water partition coefficient (Wildman–Crippen LogP) is 2.88. The van der Waals surface area contributed by atoms with E-state index in [1.54, 1.807) is 14.2 Å². The smallest absolute Gasteiger partial charge is 0.191 e. The van der Waals surface area contributed by atoms with Crippen LogP contribution in [0.15, 0.2) is 23.2 Å². The van der Waals surface area contributed by atoms with Gasteiger partial charge in [0, 0.05) is 44.4 Å². The van der Waals surface area contributed by atoms with Crippen LogP contribution in [-0.2, 0) is 11.3 Å². The van der Waals surface area contributed by atoms with Gasteiger partial charge in [0.2, 0.25) is 0 Å². The third-order valence-electron chi connectivity index (χ3n) is 4.68. The second-order valence-corrected chi connectivity index (χ2v) is 7.17. The third-order valence-corrected chi connectivity index (χ3v) is 4.68. The first-order valence-electron chi connectivity index (χ1n) is 10.2. The highest BCUT2D eigenvalue weighted by Crippen LogP contribution is 2.25. The Hall–Kier alpha value is -1.26. The molecular formula is C21H37IN4O3. The fourth-order valence-corrected chi connectivity index (χ4v) is 3.46. The topological polar surface area (TPSA) is 67.4 Å². The summed E-state index contributed by atoms with van der Waals surface area (Å²) >= 11 is 0. The Balaban J connectivity index is 0.00000420. The van der Waals surface area contributed by atoms with Crippen molar-refractivity contribution >= 4 is 29.9 Å². The van der Waals surface area contributed by atoms with Gasteiger partial charge < -0.3 is 24.8 Å². The lowest BCUT2D eigenvalue weighted by atomic mass is 10.2. The van der Waals surface area contributed by atoms with Crippen LogP contribution < -0.4 is 20.1 Å². The molecule has 0 aliphatic carbocycles. The lowest BCUT2D eigenvalue weighted by Crippen LogP contribution is -2.46. The molecule has 0 amide bonds. The summed E-state index contributed by atoms with van der Waals surface area (Å²) in [7, 11) is 3.32. The molecule has 166 valence electrons. The number of hydrogen-bond donors (Lipinski definition) is 2. The lowest BCUT2D eigenvalue weighted by Gasteiger charge is -2.35. The summed E-state index contributed by atoms with van der Waals surface area (Å²) in [6, 6.07) is 5.80. The van der Waals surface area contributed by atoms with Crippen molar-refractivity contribution in [3.05, 3.63) is 23.8 Å². The number of ether oxygens (including phenoxy) is 3. The fraction of sp³-hybridized carbons (Fsp3) is 0.667. The Morgan fingerprint density at radius 1 is 1.17 bits per heavy atom. The van der Waals surface area contributed by atoms with Crippen molar-refractivity contribution in [2.75, 3.05) is 46.9 Å². The van der Waals surface area contributed by atoms with Gasteiger partial charge in [0.05, 0.1) is 33.0 Å². The molecule has 0 saturated carbocycles. The largest absolute Gasteiger partial charge is 0.497 e. The first-order valence-corrected chi connectivity index (χ1v) is 10.2. The summed E-state index contributed by atoms with van der Waals surface area (Å²) < 4.78 is 16.5. The number of halogens is 1. The molecule has 0 spiro atoms. The zero-order valence-corrected chi connectivity index (χ0v) is 20.7. The molecule has 0 aromatic heterocycles. The van der Waals surface area contributed by atoms with Crippen molar-refractivity contribution in [3.63, 3.8) is 0 Å². The molecule has 2 atom stereocenters. The minimum absolute atomic E-state index is 0. The van der Waals surface area contributed by atoms with E-state index in [1.807, 2.05) is 18.2 Å². The molecule has 1 aromatic rings. The van der Waals surface area contributed by atoms with E-state index >= 15 is 0 Å². The van der Waals surface area contributed by atoms with Gasteiger partial charge >= 0.3 is 0 Å². The van der Waals surface area contributed by atoms with E-state index in [4.69, 9.17) is 19.2 Å². The Morgan fingerprint density at radius 2 is 1.90 bits per heavy atom. The maximum absolute atomic E-state index is 5.80. The van der Waals surface area contributed by atoms with Crippen LogP contribution >= 0.6 is 24.0 Å². The number of guanidine groups is 1. The highest BCUT2D eigenvalue weighted by atomic mass is 127. The Morgan fingerprint density at radius 3 is 2.52 bits per heavy atom.